The molecule has 0 saturated heterocycles. The number of amides is 1. The van der Waals surface area contributed by atoms with Crippen LogP contribution in [0.2, 0.25) is 5.02 Å². The summed E-state index contributed by atoms with van der Waals surface area (Å²) in [6.07, 6.45) is -3.83. The summed E-state index contributed by atoms with van der Waals surface area (Å²) < 4.78 is 39.0. The third-order valence-electron chi connectivity index (χ3n) is 5.31. The minimum Gasteiger partial charge on any atom is -0.358 e. The molecule has 0 aliphatic rings. The first-order chi connectivity index (χ1) is 15.3. The van der Waals surface area contributed by atoms with Gasteiger partial charge in [0.2, 0.25) is 5.91 Å². The van der Waals surface area contributed by atoms with Crippen molar-refractivity contribution in [3.05, 3.63) is 106 Å². The third-order valence-corrected chi connectivity index (χ3v) is 5.55. The first-order valence-corrected chi connectivity index (χ1v) is 10.6. The third kappa shape index (κ3) is 6.11. The lowest BCUT2D eigenvalue weighted by Gasteiger charge is -2.22. The zero-order valence-electron chi connectivity index (χ0n) is 17.5. The summed E-state index contributed by atoms with van der Waals surface area (Å²) >= 11 is 6.17. The summed E-state index contributed by atoms with van der Waals surface area (Å²) in [6.45, 7) is 0.463. The zero-order chi connectivity index (χ0) is 23.1. The molecule has 0 aliphatic carbocycles. The van der Waals surface area contributed by atoms with Crippen LogP contribution in [0.4, 0.5) is 13.2 Å². The Morgan fingerprint density at radius 2 is 1.56 bits per heavy atom. The van der Waals surface area contributed by atoms with Crippen molar-refractivity contribution in [2.24, 2.45) is 0 Å². The SMILES string of the molecule is CNC(=O)[C@H](NCC[C@H](c1ccc(C(F)(F)F)cc1)c1cccc(Cl)c1)c1ccccc1. The fraction of sp³-hybridized carbons (Fsp3) is 0.240. The Bertz CT molecular complexity index is 1020. The van der Waals surface area contributed by atoms with Crippen LogP contribution in [-0.2, 0) is 11.0 Å². The number of nitrogens with one attached hydrogen (secondary N) is 2. The maximum absolute atomic E-state index is 13.0. The Labute approximate surface area is 190 Å². The lowest BCUT2D eigenvalue weighted by Crippen LogP contribution is -2.36. The number of halogens is 4. The van der Waals surface area contributed by atoms with Crippen LogP contribution < -0.4 is 10.6 Å². The van der Waals surface area contributed by atoms with Crippen molar-refractivity contribution in [1.82, 2.24) is 10.6 Å². The highest BCUT2D eigenvalue weighted by atomic mass is 35.5. The zero-order valence-corrected chi connectivity index (χ0v) is 18.3. The molecule has 0 aliphatic heterocycles. The summed E-state index contributed by atoms with van der Waals surface area (Å²) in [6, 6.07) is 21.3. The van der Waals surface area contributed by atoms with Crippen molar-refractivity contribution in [3.63, 3.8) is 0 Å². The second-order valence-corrected chi connectivity index (χ2v) is 7.86. The lowest BCUT2D eigenvalue weighted by atomic mass is 9.88. The van der Waals surface area contributed by atoms with Crippen molar-refractivity contribution < 1.29 is 18.0 Å². The highest BCUT2D eigenvalue weighted by Crippen LogP contribution is 2.33. The van der Waals surface area contributed by atoms with Gasteiger partial charge in [-0.25, -0.2) is 0 Å². The van der Waals surface area contributed by atoms with Gasteiger partial charge in [-0.3, -0.25) is 4.79 Å². The molecule has 2 N–H and O–H groups in total. The van der Waals surface area contributed by atoms with Gasteiger partial charge >= 0.3 is 6.18 Å². The Morgan fingerprint density at radius 3 is 2.16 bits per heavy atom. The first-order valence-electron chi connectivity index (χ1n) is 10.2. The fourth-order valence-electron chi connectivity index (χ4n) is 3.68. The number of carbonyl (C=O) groups excluding carboxylic acids is 1. The van der Waals surface area contributed by atoms with E-state index >= 15 is 0 Å². The molecule has 1 amide bonds. The maximum Gasteiger partial charge on any atom is 0.416 e. The van der Waals surface area contributed by atoms with E-state index in [1.54, 1.807) is 13.1 Å². The fourth-order valence-corrected chi connectivity index (χ4v) is 3.88. The molecule has 0 fully saturated rings. The summed E-state index contributed by atoms with van der Waals surface area (Å²) in [5, 5.41) is 6.50. The number of carbonyl (C=O) groups is 1. The number of likely N-dealkylation sites (N-methyl/N-ethyl adjacent to an activating group) is 1. The van der Waals surface area contributed by atoms with Crippen molar-refractivity contribution in [2.75, 3.05) is 13.6 Å². The van der Waals surface area contributed by atoms with Crippen LogP contribution in [0.15, 0.2) is 78.9 Å². The predicted octanol–water partition coefficient (Wildman–Crippen LogP) is 5.96. The number of rotatable bonds is 8. The molecular weight excluding hydrogens is 437 g/mol. The Morgan fingerprint density at radius 1 is 0.906 bits per heavy atom. The molecule has 2 atom stereocenters. The molecule has 3 rings (SSSR count). The highest BCUT2D eigenvalue weighted by molar-refractivity contribution is 6.30. The highest BCUT2D eigenvalue weighted by Gasteiger charge is 2.30. The van der Waals surface area contributed by atoms with E-state index in [2.05, 4.69) is 10.6 Å². The quantitative estimate of drug-likeness (QED) is 0.435. The maximum atomic E-state index is 13.0. The van der Waals surface area contributed by atoms with Crippen LogP contribution in [0.25, 0.3) is 0 Å². The molecule has 32 heavy (non-hydrogen) atoms. The van der Waals surface area contributed by atoms with Gasteiger partial charge in [-0.1, -0.05) is 66.2 Å². The van der Waals surface area contributed by atoms with Crippen molar-refractivity contribution in [1.29, 1.82) is 0 Å². The van der Waals surface area contributed by atoms with Gasteiger partial charge in [-0.15, -0.1) is 0 Å². The minimum atomic E-state index is -4.39. The second kappa shape index (κ2) is 10.7. The molecule has 0 saturated carbocycles. The normalized spacial score (nSPS) is 13.4. The number of hydrogen-bond donors (Lipinski definition) is 2. The van der Waals surface area contributed by atoms with E-state index in [4.69, 9.17) is 11.6 Å². The first kappa shape index (κ1) is 23.8. The van der Waals surface area contributed by atoms with Gasteiger partial charge in [0, 0.05) is 18.0 Å². The van der Waals surface area contributed by atoms with Crippen LogP contribution >= 0.6 is 11.6 Å². The molecule has 3 aromatic rings. The van der Waals surface area contributed by atoms with Crippen LogP contribution in [0.1, 0.15) is 40.6 Å². The van der Waals surface area contributed by atoms with Crippen LogP contribution in [0.5, 0.6) is 0 Å². The van der Waals surface area contributed by atoms with Gasteiger partial charge in [0.1, 0.15) is 6.04 Å². The summed E-state index contributed by atoms with van der Waals surface area (Å²) in [7, 11) is 1.58. The van der Waals surface area contributed by atoms with E-state index in [0.717, 1.165) is 28.8 Å². The average molecular weight is 461 g/mol. The van der Waals surface area contributed by atoms with Gasteiger partial charge in [-0.2, -0.15) is 13.2 Å². The number of benzene rings is 3. The summed E-state index contributed by atoms with van der Waals surface area (Å²) in [4.78, 5) is 12.4. The standard InChI is InChI=1S/C25H24ClF3N2O/c1-30-24(32)23(18-6-3-2-4-7-18)31-15-14-22(19-8-5-9-21(26)16-19)17-10-12-20(13-11-17)25(27,28)29/h2-13,16,22-23,31H,14-15H2,1H3,(H,30,32)/t22-,23-/m1/s1. The van der Waals surface area contributed by atoms with Gasteiger partial charge in [-0.05, 0) is 53.9 Å². The van der Waals surface area contributed by atoms with E-state index in [0.29, 0.717) is 18.0 Å². The van der Waals surface area contributed by atoms with Crippen molar-refractivity contribution in [3.8, 4) is 0 Å². The molecule has 7 heteroatoms. The molecule has 3 aromatic carbocycles. The second-order valence-electron chi connectivity index (χ2n) is 7.43. The Balaban J connectivity index is 1.82. The van der Waals surface area contributed by atoms with E-state index < -0.39 is 17.8 Å². The molecular formula is C25H24ClF3N2O. The van der Waals surface area contributed by atoms with Gasteiger partial charge in [0.25, 0.3) is 0 Å². The molecule has 0 bridgehead atoms. The van der Waals surface area contributed by atoms with Crippen LogP contribution in [0.3, 0.4) is 0 Å². The predicted molar refractivity (Wildman–Crippen MR) is 121 cm³/mol. The Hall–Kier alpha value is -2.83. The average Bonchev–Trinajstić information content (AvgIpc) is 2.79. The van der Waals surface area contributed by atoms with Crippen LogP contribution in [-0.4, -0.2) is 19.5 Å². The van der Waals surface area contributed by atoms with Gasteiger partial charge < -0.3 is 10.6 Å². The van der Waals surface area contributed by atoms with E-state index in [1.165, 1.54) is 12.1 Å². The van der Waals surface area contributed by atoms with Crippen molar-refractivity contribution in [2.45, 2.75) is 24.6 Å². The molecule has 0 aromatic heterocycles. The number of hydrogen-bond acceptors (Lipinski definition) is 2. The monoisotopic (exact) mass is 460 g/mol. The summed E-state index contributed by atoms with van der Waals surface area (Å²) in [5.41, 5.74) is 1.79. The van der Waals surface area contributed by atoms with E-state index in [-0.39, 0.29) is 11.8 Å². The summed E-state index contributed by atoms with van der Waals surface area (Å²) in [5.74, 6) is -0.352. The van der Waals surface area contributed by atoms with E-state index in [1.807, 2.05) is 48.5 Å². The molecule has 168 valence electrons. The number of alkyl halides is 3. The smallest absolute Gasteiger partial charge is 0.358 e. The van der Waals surface area contributed by atoms with E-state index in [9.17, 15) is 18.0 Å². The molecule has 0 unspecified atom stereocenters. The Kier molecular flexibility index (Phi) is 7.94. The molecule has 0 radical (unpaired) electrons. The van der Waals surface area contributed by atoms with Crippen molar-refractivity contribution >= 4 is 17.5 Å². The molecule has 0 spiro atoms. The topological polar surface area (TPSA) is 41.1 Å². The molecule has 0 heterocycles. The largest absolute Gasteiger partial charge is 0.416 e. The van der Waals surface area contributed by atoms with Gasteiger partial charge in [0.05, 0.1) is 5.56 Å². The molecule has 3 nitrogen and oxygen atoms in total. The van der Waals surface area contributed by atoms with Crippen LogP contribution in [0, 0.1) is 0 Å². The van der Waals surface area contributed by atoms with Gasteiger partial charge in [0.15, 0.2) is 0 Å². The minimum absolute atomic E-state index is 0.162. The lowest BCUT2D eigenvalue weighted by molar-refractivity contribution is -0.137.